The predicted molar refractivity (Wildman–Crippen MR) is 109 cm³/mol. The first-order valence-corrected chi connectivity index (χ1v) is 10.8. The van der Waals surface area contributed by atoms with Crippen molar-refractivity contribution in [2.75, 3.05) is 6.16 Å². The Hall–Kier alpha value is -0.870. The summed E-state index contributed by atoms with van der Waals surface area (Å²) in [6.45, 7) is 2.29. The van der Waals surface area contributed by atoms with E-state index in [0.29, 0.717) is 0 Å². The van der Waals surface area contributed by atoms with E-state index in [1.807, 2.05) is 0 Å². The maximum absolute atomic E-state index is 2.32. The van der Waals surface area contributed by atoms with E-state index in [0.717, 1.165) is 8.58 Å². The fraction of sp³-hybridized carbons (Fsp3) is 0.545. The topological polar surface area (TPSA) is 0 Å². The Bertz CT molecular complexity index is 541. The highest BCUT2D eigenvalue weighted by Gasteiger charge is 2.00. The molecule has 2 aromatic rings. The quantitative estimate of drug-likeness (QED) is 0.289. The third-order valence-electron chi connectivity index (χ3n) is 4.64. The van der Waals surface area contributed by atoms with Crippen LogP contribution in [0.4, 0.5) is 0 Å². The summed E-state index contributed by atoms with van der Waals surface area (Å²) in [6, 6.07) is 15.6. The van der Waals surface area contributed by atoms with Gasteiger partial charge >= 0.3 is 0 Å². The van der Waals surface area contributed by atoms with Crippen LogP contribution in [0.15, 0.2) is 42.5 Å². The van der Waals surface area contributed by atoms with Crippen LogP contribution >= 0.6 is 8.58 Å². The second-order valence-electron chi connectivity index (χ2n) is 6.64. The van der Waals surface area contributed by atoms with Gasteiger partial charge in [0.05, 0.1) is 0 Å². The van der Waals surface area contributed by atoms with Gasteiger partial charge < -0.3 is 0 Å². The summed E-state index contributed by atoms with van der Waals surface area (Å²) in [7, 11) is 0.970. The maximum atomic E-state index is 2.32. The monoisotopic (exact) mass is 328 g/mol. The molecule has 2 rings (SSSR count). The van der Waals surface area contributed by atoms with Gasteiger partial charge in [-0.2, -0.15) is 0 Å². The lowest BCUT2D eigenvalue weighted by molar-refractivity contribution is 0.563. The van der Waals surface area contributed by atoms with Crippen molar-refractivity contribution in [3.63, 3.8) is 0 Å². The van der Waals surface area contributed by atoms with Crippen molar-refractivity contribution >= 4 is 24.7 Å². The van der Waals surface area contributed by atoms with Crippen LogP contribution in [0.1, 0.15) is 71.1 Å². The SMILES string of the molecule is CCCCCCCCCCCCPc1cccc2ccccc12. The highest BCUT2D eigenvalue weighted by atomic mass is 31.1. The van der Waals surface area contributed by atoms with Crippen molar-refractivity contribution < 1.29 is 0 Å². The number of hydrogen-bond acceptors (Lipinski definition) is 0. The normalized spacial score (nSPS) is 11.7. The van der Waals surface area contributed by atoms with Crippen LogP contribution < -0.4 is 5.30 Å². The van der Waals surface area contributed by atoms with E-state index < -0.39 is 0 Å². The summed E-state index contributed by atoms with van der Waals surface area (Å²) in [5.74, 6) is 0. The van der Waals surface area contributed by atoms with Gasteiger partial charge in [0.15, 0.2) is 0 Å². The molecule has 1 unspecified atom stereocenters. The molecule has 0 N–H and O–H groups in total. The molecular weight excluding hydrogens is 295 g/mol. The van der Waals surface area contributed by atoms with Gasteiger partial charge in [0, 0.05) is 0 Å². The Balaban J connectivity index is 1.54. The average molecular weight is 328 g/mol. The summed E-state index contributed by atoms with van der Waals surface area (Å²) in [6.07, 6.45) is 15.7. The van der Waals surface area contributed by atoms with E-state index in [1.54, 1.807) is 5.30 Å². The van der Waals surface area contributed by atoms with Gasteiger partial charge in [0.1, 0.15) is 0 Å². The fourth-order valence-corrected chi connectivity index (χ4v) is 4.54. The van der Waals surface area contributed by atoms with Gasteiger partial charge in [-0.3, -0.25) is 0 Å². The molecule has 1 heteroatoms. The largest absolute Gasteiger partial charge is 0.0897 e. The van der Waals surface area contributed by atoms with Crippen molar-refractivity contribution in [2.24, 2.45) is 0 Å². The van der Waals surface area contributed by atoms with E-state index in [-0.39, 0.29) is 0 Å². The Morgan fingerprint density at radius 3 is 2.00 bits per heavy atom. The minimum absolute atomic E-state index is 0.970. The van der Waals surface area contributed by atoms with Crippen molar-refractivity contribution in [3.8, 4) is 0 Å². The number of benzene rings is 2. The molecule has 0 amide bonds. The molecule has 0 bridgehead atoms. The minimum Gasteiger partial charge on any atom is -0.0897 e. The van der Waals surface area contributed by atoms with Gasteiger partial charge in [-0.1, -0.05) is 116 Å². The number of fused-ring (bicyclic) bond motifs is 1. The van der Waals surface area contributed by atoms with Gasteiger partial charge in [0.25, 0.3) is 0 Å². The molecule has 2 aromatic carbocycles. The molecule has 0 fully saturated rings. The zero-order valence-electron chi connectivity index (χ0n) is 14.8. The van der Waals surface area contributed by atoms with Crippen molar-refractivity contribution in [2.45, 2.75) is 71.1 Å². The van der Waals surface area contributed by atoms with Crippen LogP contribution in [0.25, 0.3) is 10.8 Å². The van der Waals surface area contributed by atoms with Gasteiger partial charge in [-0.15, -0.1) is 0 Å². The molecule has 0 aliphatic carbocycles. The third kappa shape index (κ3) is 7.05. The summed E-state index contributed by atoms with van der Waals surface area (Å²) >= 11 is 0. The van der Waals surface area contributed by atoms with Crippen LogP contribution in [0.2, 0.25) is 0 Å². The number of unbranched alkanes of at least 4 members (excludes halogenated alkanes) is 9. The van der Waals surface area contributed by atoms with Crippen LogP contribution in [-0.2, 0) is 0 Å². The molecule has 0 spiro atoms. The number of hydrogen-bond donors (Lipinski definition) is 0. The van der Waals surface area contributed by atoms with Crippen molar-refractivity contribution in [3.05, 3.63) is 42.5 Å². The van der Waals surface area contributed by atoms with E-state index in [9.17, 15) is 0 Å². The Labute approximate surface area is 144 Å². The van der Waals surface area contributed by atoms with E-state index in [4.69, 9.17) is 0 Å². The lowest BCUT2D eigenvalue weighted by Crippen LogP contribution is -1.97. The van der Waals surface area contributed by atoms with E-state index in [2.05, 4.69) is 49.4 Å². The van der Waals surface area contributed by atoms with Crippen LogP contribution in [-0.4, -0.2) is 6.16 Å². The number of rotatable bonds is 12. The first-order chi connectivity index (χ1) is 11.4. The van der Waals surface area contributed by atoms with E-state index in [1.165, 1.54) is 81.1 Å². The van der Waals surface area contributed by atoms with Crippen LogP contribution in [0, 0.1) is 0 Å². The molecular formula is C22H33P. The molecule has 0 aliphatic heterocycles. The molecule has 0 heterocycles. The minimum atomic E-state index is 0.970. The molecule has 0 aliphatic rings. The van der Waals surface area contributed by atoms with Crippen LogP contribution in [0.5, 0.6) is 0 Å². The Kier molecular flexibility index (Phi) is 9.34. The Morgan fingerprint density at radius 2 is 1.26 bits per heavy atom. The van der Waals surface area contributed by atoms with Gasteiger partial charge in [0.2, 0.25) is 0 Å². The molecule has 0 saturated carbocycles. The molecule has 0 saturated heterocycles. The summed E-state index contributed by atoms with van der Waals surface area (Å²) in [5, 5.41) is 4.40. The lowest BCUT2D eigenvalue weighted by atomic mass is 10.1. The first-order valence-electron chi connectivity index (χ1n) is 9.63. The summed E-state index contributed by atoms with van der Waals surface area (Å²) in [4.78, 5) is 0. The summed E-state index contributed by atoms with van der Waals surface area (Å²) < 4.78 is 0. The highest BCUT2D eigenvalue weighted by molar-refractivity contribution is 7.47. The first kappa shape index (κ1) is 18.5. The molecule has 0 radical (unpaired) electrons. The molecule has 23 heavy (non-hydrogen) atoms. The van der Waals surface area contributed by atoms with Crippen LogP contribution in [0.3, 0.4) is 0 Å². The second-order valence-corrected chi connectivity index (χ2v) is 8.03. The average Bonchev–Trinajstić information content (AvgIpc) is 2.60. The Morgan fingerprint density at radius 1 is 0.652 bits per heavy atom. The highest BCUT2D eigenvalue weighted by Crippen LogP contribution is 2.21. The third-order valence-corrected chi connectivity index (χ3v) is 6.06. The molecule has 0 aromatic heterocycles. The maximum Gasteiger partial charge on any atom is -0.0110 e. The smallest absolute Gasteiger partial charge is 0.0110 e. The fourth-order valence-electron chi connectivity index (χ4n) is 3.22. The molecule has 0 nitrogen and oxygen atoms in total. The van der Waals surface area contributed by atoms with Gasteiger partial charge in [-0.25, -0.2) is 0 Å². The zero-order chi connectivity index (χ0) is 16.2. The van der Waals surface area contributed by atoms with Gasteiger partial charge in [-0.05, 0) is 28.7 Å². The second kappa shape index (κ2) is 11.6. The zero-order valence-corrected chi connectivity index (χ0v) is 15.8. The van der Waals surface area contributed by atoms with Crippen molar-refractivity contribution in [1.29, 1.82) is 0 Å². The predicted octanol–water partition coefficient (Wildman–Crippen LogP) is 7.06. The molecule has 1 atom stereocenters. The lowest BCUT2D eigenvalue weighted by Gasteiger charge is -2.07. The van der Waals surface area contributed by atoms with Crippen molar-refractivity contribution in [1.82, 2.24) is 0 Å². The summed E-state index contributed by atoms with van der Waals surface area (Å²) in [5.41, 5.74) is 0. The van der Waals surface area contributed by atoms with E-state index >= 15 is 0 Å². The molecule has 126 valence electrons. The standard InChI is InChI=1S/C22H33P/c1-2-3-4-5-6-7-8-9-10-13-19-23-22-18-14-16-20-15-11-12-17-21(20)22/h11-12,14-18,23H,2-10,13,19H2,1H3.